The predicted molar refractivity (Wildman–Crippen MR) is 41.8 cm³/mol. The number of hydrogen-bond donors (Lipinski definition) is 2. The van der Waals surface area contributed by atoms with Gasteiger partial charge in [0.1, 0.15) is 0 Å². The minimum absolute atomic E-state index is 0.216. The van der Waals surface area contributed by atoms with Crippen LogP contribution in [0.1, 0.15) is 0 Å². The fraction of sp³-hybridized carbons (Fsp3) is 0.250. The lowest BCUT2D eigenvalue weighted by molar-refractivity contribution is 0.848. The maximum Gasteiger partial charge on any atom is 0.327 e. The highest BCUT2D eigenvalue weighted by molar-refractivity contribution is 7.98. The Hall–Kier alpha value is -0.620. The van der Waals surface area contributed by atoms with Gasteiger partial charge in [-0.2, -0.15) is 4.98 Å². The SMILES string of the molecule is CSc1nc(=S)[nH]c(=O)[nH]1. The fourth-order valence-electron chi connectivity index (χ4n) is 0.470. The molecule has 0 amide bonds. The van der Waals surface area contributed by atoms with E-state index in [1.54, 1.807) is 0 Å². The van der Waals surface area contributed by atoms with E-state index in [4.69, 9.17) is 0 Å². The molecule has 10 heavy (non-hydrogen) atoms. The number of H-pyrrole nitrogens is 2. The van der Waals surface area contributed by atoms with Crippen LogP contribution in [0, 0.1) is 4.77 Å². The molecule has 0 spiro atoms. The van der Waals surface area contributed by atoms with Crippen molar-refractivity contribution in [2.45, 2.75) is 5.16 Å². The van der Waals surface area contributed by atoms with Crippen LogP contribution in [0.5, 0.6) is 0 Å². The van der Waals surface area contributed by atoms with Crippen molar-refractivity contribution in [1.29, 1.82) is 0 Å². The molecule has 1 aromatic rings. The first kappa shape index (κ1) is 7.49. The zero-order chi connectivity index (χ0) is 7.56. The highest BCUT2D eigenvalue weighted by Crippen LogP contribution is 2.01. The average Bonchev–Trinajstić information content (AvgIpc) is 1.85. The molecule has 4 nitrogen and oxygen atoms in total. The van der Waals surface area contributed by atoms with Crippen LogP contribution in [0.4, 0.5) is 0 Å². The van der Waals surface area contributed by atoms with Gasteiger partial charge in [-0.1, -0.05) is 11.8 Å². The predicted octanol–water partition coefficient (Wildman–Crippen LogP) is 0.549. The normalized spacial score (nSPS) is 9.70. The van der Waals surface area contributed by atoms with Crippen LogP contribution in [0.15, 0.2) is 9.95 Å². The van der Waals surface area contributed by atoms with E-state index in [0.717, 1.165) is 0 Å². The van der Waals surface area contributed by atoms with Gasteiger partial charge in [0.25, 0.3) is 0 Å². The molecule has 0 unspecified atom stereocenters. The van der Waals surface area contributed by atoms with Crippen LogP contribution < -0.4 is 5.69 Å². The van der Waals surface area contributed by atoms with Crippen molar-refractivity contribution < 1.29 is 0 Å². The van der Waals surface area contributed by atoms with Gasteiger partial charge in [-0.05, 0) is 18.5 Å². The zero-order valence-corrected chi connectivity index (χ0v) is 6.80. The molecule has 0 radical (unpaired) electrons. The molecule has 1 aromatic heterocycles. The van der Waals surface area contributed by atoms with Crippen LogP contribution >= 0.6 is 24.0 Å². The lowest BCUT2D eigenvalue weighted by atomic mass is 11.1. The van der Waals surface area contributed by atoms with E-state index < -0.39 is 0 Å². The van der Waals surface area contributed by atoms with Crippen molar-refractivity contribution in [3.8, 4) is 0 Å². The van der Waals surface area contributed by atoms with Gasteiger partial charge in [0.2, 0.25) is 4.77 Å². The van der Waals surface area contributed by atoms with E-state index in [1.165, 1.54) is 11.8 Å². The third-order valence-electron chi connectivity index (χ3n) is 0.837. The Kier molecular flexibility index (Phi) is 2.23. The summed E-state index contributed by atoms with van der Waals surface area (Å²) < 4.78 is 0.216. The summed E-state index contributed by atoms with van der Waals surface area (Å²) in [6, 6.07) is 0. The second-order valence-electron chi connectivity index (χ2n) is 1.51. The first-order chi connectivity index (χ1) is 4.72. The third-order valence-corrected chi connectivity index (χ3v) is 1.61. The smallest absolute Gasteiger partial charge is 0.286 e. The number of rotatable bonds is 1. The Morgan fingerprint density at radius 3 is 2.80 bits per heavy atom. The quantitative estimate of drug-likeness (QED) is 0.483. The molecule has 6 heteroatoms. The number of hydrogen-bond acceptors (Lipinski definition) is 4. The van der Waals surface area contributed by atoms with E-state index in [0.29, 0.717) is 5.16 Å². The van der Waals surface area contributed by atoms with Crippen LogP contribution in [-0.4, -0.2) is 21.2 Å². The third kappa shape index (κ3) is 1.68. The number of thioether (sulfide) groups is 1. The minimum atomic E-state index is -0.315. The summed E-state index contributed by atoms with van der Waals surface area (Å²) in [5.74, 6) is 0. The lowest BCUT2D eigenvalue weighted by Gasteiger charge is -1.90. The zero-order valence-electron chi connectivity index (χ0n) is 5.17. The molecule has 54 valence electrons. The van der Waals surface area contributed by atoms with Crippen molar-refractivity contribution in [1.82, 2.24) is 15.0 Å². The van der Waals surface area contributed by atoms with Gasteiger partial charge >= 0.3 is 5.69 Å². The van der Waals surface area contributed by atoms with Gasteiger partial charge in [-0.15, -0.1) is 0 Å². The Morgan fingerprint density at radius 1 is 1.60 bits per heavy atom. The highest BCUT2D eigenvalue weighted by Gasteiger charge is 1.90. The summed E-state index contributed by atoms with van der Waals surface area (Å²) in [4.78, 5) is 19.3. The second kappa shape index (κ2) is 2.98. The molecule has 0 fully saturated rings. The van der Waals surface area contributed by atoms with Crippen LogP contribution in [0.3, 0.4) is 0 Å². The molecule has 0 bridgehead atoms. The molecule has 0 saturated heterocycles. The Labute approximate surface area is 66.1 Å². The summed E-state index contributed by atoms with van der Waals surface area (Å²) in [5, 5.41) is 0.536. The topological polar surface area (TPSA) is 61.5 Å². The minimum Gasteiger partial charge on any atom is -0.286 e. The highest BCUT2D eigenvalue weighted by atomic mass is 32.2. The molecule has 0 aliphatic heterocycles. The summed E-state index contributed by atoms with van der Waals surface area (Å²) in [6.45, 7) is 0. The molecule has 1 heterocycles. The van der Waals surface area contributed by atoms with Crippen LogP contribution in [0.25, 0.3) is 0 Å². The van der Waals surface area contributed by atoms with Gasteiger partial charge in [-0.25, -0.2) is 4.79 Å². The van der Waals surface area contributed by atoms with Gasteiger partial charge in [0, 0.05) is 0 Å². The summed E-state index contributed by atoms with van der Waals surface area (Å²) in [5.41, 5.74) is -0.315. The first-order valence-electron chi connectivity index (χ1n) is 2.47. The van der Waals surface area contributed by atoms with E-state index in [2.05, 4.69) is 27.2 Å². The Morgan fingerprint density at radius 2 is 2.30 bits per heavy atom. The Bertz CT molecular complexity index is 300. The van der Waals surface area contributed by atoms with E-state index in [-0.39, 0.29) is 10.5 Å². The van der Waals surface area contributed by atoms with Crippen LogP contribution in [0.2, 0.25) is 0 Å². The fourth-order valence-corrected chi connectivity index (χ4v) is 1.09. The maximum absolute atomic E-state index is 10.6. The average molecular weight is 175 g/mol. The molecular formula is C4H5N3OS2. The Balaban J connectivity index is 3.33. The van der Waals surface area contributed by atoms with Crippen LogP contribution in [-0.2, 0) is 0 Å². The van der Waals surface area contributed by atoms with Crippen molar-refractivity contribution in [3.63, 3.8) is 0 Å². The lowest BCUT2D eigenvalue weighted by Crippen LogP contribution is -2.12. The van der Waals surface area contributed by atoms with Gasteiger partial charge < -0.3 is 0 Å². The van der Waals surface area contributed by atoms with Gasteiger partial charge in [-0.3, -0.25) is 9.97 Å². The first-order valence-corrected chi connectivity index (χ1v) is 4.10. The summed E-state index contributed by atoms with van der Waals surface area (Å²) in [7, 11) is 0. The molecule has 0 aliphatic carbocycles. The number of nitrogens with zero attached hydrogens (tertiary/aromatic N) is 1. The molecule has 0 saturated carbocycles. The number of aromatic nitrogens is 3. The molecular weight excluding hydrogens is 170 g/mol. The largest absolute Gasteiger partial charge is 0.327 e. The van der Waals surface area contributed by atoms with Gasteiger partial charge in [0.15, 0.2) is 5.16 Å². The molecule has 1 rings (SSSR count). The summed E-state index contributed by atoms with van der Waals surface area (Å²) in [6.07, 6.45) is 1.81. The maximum atomic E-state index is 10.6. The van der Waals surface area contributed by atoms with Crippen molar-refractivity contribution in [2.24, 2.45) is 0 Å². The molecule has 2 N–H and O–H groups in total. The summed E-state index contributed by atoms with van der Waals surface area (Å²) >= 11 is 6.00. The van der Waals surface area contributed by atoms with Crippen molar-refractivity contribution in [3.05, 3.63) is 15.3 Å². The van der Waals surface area contributed by atoms with E-state index in [9.17, 15) is 4.79 Å². The van der Waals surface area contributed by atoms with E-state index in [1.807, 2.05) is 6.26 Å². The number of aromatic amines is 2. The van der Waals surface area contributed by atoms with Gasteiger partial charge in [0.05, 0.1) is 0 Å². The molecule has 0 aromatic carbocycles. The standard InChI is InChI=1S/C4H5N3OS2/c1-10-4-6-2(8)5-3(9)7-4/h1H3,(H2,5,6,7,8,9). The molecule has 0 aliphatic rings. The second-order valence-corrected chi connectivity index (χ2v) is 2.69. The number of nitrogens with one attached hydrogen (secondary N) is 2. The van der Waals surface area contributed by atoms with Crippen molar-refractivity contribution in [2.75, 3.05) is 6.26 Å². The van der Waals surface area contributed by atoms with E-state index >= 15 is 0 Å². The molecule has 0 atom stereocenters. The van der Waals surface area contributed by atoms with Crippen molar-refractivity contribution >= 4 is 24.0 Å². The monoisotopic (exact) mass is 175 g/mol.